The van der Waals surface area contributed by atoms with E-state index in [0.29, 0.717) is 5.84 Å². The van der Waals surface area contributed by atoms with Crippen molar-refractivity contribution in [3.05, 3.63) is 66.2 Å². The van der Waals surface area contributed by atoms with Gasteiger partial charge in [-0.15, -0.1) is 0 Å². The van der Waals surface area contributed by atoms with Gasteiger partial charge in [0.2, 0.25) is 0 Å². The normalized spacial score (nSPS) is 13.5. The van der Waals surface area contributed by atoms with Gasteiger partial charge >= 0.3 is 5.51 Å². The molecule has 1 aliphatic rings. The number of thioether (sulfide) groups is 1. The van der Waals surface area contributed by atoms with Gasteiger partial charge in [-0.1, -0.05) is 36.4 Å². The summed E-state index contributed by atoms with van der Waals surface area (Å²) in [5.41, 5.74) is -1.74. The van der Waals surface area contributed by atoms with Gasteiger partial charge < -0.3 is 5.32 Å². The molecule has 1 aliphatic heterocycles. The minimum atomic E-state index is -4.28. The number of nitrogens with one attached hydrogen (secondary N) is 1. The highest BCUT2D eigenvalue weighted by atomic mass is 32.2. The molecule has 0 radical (unpaired) electrons. The molecule has 0 unspecified atom stereocenters. The van der Waals surface area contributed by atoms with Crippen molar-refractivity contribution in [2.45, 2.75) is 10.4 Å². The van der Waals surface area contributed by atoms with E-state index in [2.05, 4.69) is 10.3 Å². The average Bonchev–Trinajstić information content (AvgIpc) is 2.54. The highest BCUT2D eigenvalue weighted by molar-refractivity contribution is 8.00. The number of amidine groups is 1. The van der Waals surface area contributed by atoms with Crippen LogP contribution in [-0.4, -0.2) is 11.3 Å². The van der Waals surface area contributed by atoms with Crippen LogP contribution in [0.1, 0.15) is 5.56 Å². The summed E-state index contributed by atoms with van der Waals surface area (Å²) >= 11 is -0.120. The number of nitrogens with zero attached hydrogens (tertiary/aromatic N) is 1. The van der Waals surface area contributed by atoms with Crippen molar-refractivity contribution in [1.82, 2.24) is 0 Å². The zero-order valence-electron chi connectivity index (χ0n) is 12.3. The standard InChI is InChI=1S/C18H11F3N2S/c19-18(20,21)24-13-9-7-12(8-10-13)17-22-14-5-1-3-11-4-2-6-15(23-17)16(11)14/h1-10H,(H,22,23). The molecule has 0 bridgehead atoms. The number of aliphatic imine (C=N–C) groups is 1. The fourth-order valence-electron chi connectivity index (χ4n) is 2.75. The smallest absolute Gasteiger partial charge is 0.339 e. The zero-order valence-corrected chi connectivity index (χ0v) is 13.1. The van der Waals surface area contributed by atoms with E-state index in [4.69, 9.17) is 0 Å². The van der Waals surface area contributed by atoms with Gasteiger partial charge in [0.15, 0.2) is 0 Å². The van der Waals surface area contributed by atoms with Gasteiger partial charge in [0.1, 0.15) is 5.84 Å². The number of hydrogen-bond donors (Lipinski definition) is 1. The topological polar surface area (TPSA) is 24.4 Å². The summed E-state index contributed by atoms with van der Waals surface area (Å²) in [6.45, 7) is 0. The number of alkyl halides is 3. The first kappa shape index (κ1) is 15.1. The van der Waals surface area contributed by atoms with Crippen LogP contribution in [0.5, 0.6) is 0 Å². The third-order valence-corrected chi connectivity index (χ3v) is 4.47. The summed E-state index contributed by atoms with van der Waals surface area (Å²) < 4.78 is 37.2. The first-order chi connectivity index (χ1) is 11.5. The van der Waals surface area contributed by atoms with Crippen LogP contribution >= 0.6 is 11.8 Å². The molecule has 0 spiro atoms. The van der Waals surface area contributed by atoms with Crippen LogP contribution in [0.15, 0.2) is 70.6 Å². The number of halogens is 3. The van der Waals surface area contributed by atoms with Crippen LogP contribution in [0.2, 0.25) is 0 Å². The highest BCUT2D eigenvalue weighted by Gasteiger charge is 2.29. The lowest BCUT2D eigenvalue weighted by Gasteiger charge is -2.19. The second-order valence-electron chi connectivity index (χ2n) is 5.34. The van der Waals surface area contributed by atoms with Crippen molar-refractivity contribution >= 4 is 39.7 Å². The summed E-state index contributed by atoms with van der Waals surface area (Å²) in [6.07, 6.45) is 0. The summed E-state index contributed by atoms with van der Waals surface area (Å²) in [5, 5.41) is 5.41. The molecule has 4 rings (SSSR count). The van der Waals surface area contributed by atoms with Gasteiger partial charge in [-0.3, -0.25) is 0 Å². The first-order valence-corrected chi connectivity index (χ1v) is 8.05. The molecule has 0 amide bonds. The molecular formula is C18H11F3N2S. The van der Waals surface area contributed by atoms with Crippen molar-refractivity contribution in [3.8, 4) is 0 Å². The molecule has 0 saturated carbocycles. The summed E-state index contributed by atoms with van der Waals surface area (Å²) in [4.78, 5) is 4.77. The summed E-state index contributed by atoms with van der Waals surface area (Å²) in [7, 11) is 0. The minimum absolute atomic E-state index is 0.120. The van der Waals surface area contributed by atoms with E-state index in [1.165, 1.54) is 12.1 Å². The molecule has 6 heteroatoms. The van der Waals surface area contributed by atoms with Crippen LogP contribution < -0.4 is 5.32 Å². The van der Waals surface area contributed by atoms with Gasteiger partial charge in [-0.25, -0.2) is 4.99 Å². The Bertz CT molecular complexity index is 941. The second kappa shape index (κ2) is 5.56. The molecule has 0 atom stereocenters. The first-order valence-electron chi connectivity index (χ1n) is 7.23. The van der Waals surface area contributed by atoms with Crippen LogP contribution in [0.4, 0.5) is 24.5 Å². The maximum atomic E-state index is 12.4. The van der Waals surface area contributed by atoms with Crippen LogP contribution in [0.3, 0.4) is 0 Å². The lowest BCUT2D eigenvalue weighted by molar-refractivity contribution is -0.0328. The van der Waals surface area contributed by atoms with Crippen molar-refractivity contribution in [3.63, 3.8) is 0 Å². The molecule has 2 nitrogen and oxygen atoms in total. The van der Waals surface area contributed by atoms with Gasteiger partial charge in [-0.2, -0.15) is 13.2 Å². The number of hydrogen-bond acceptors (Lipinski definition) is 3. The van der Waals surface area contributed by atoms with Gasteiger partial charge in [0, 0.05) is 21.5 Å². The highest BCUT2D eigenvalue weighted by Crippen LogP contribution is 2.38. The molecule has 0 aliphatic carbocycles. The SMILES string of the molecule is FC(F)(F)Sc1ccc(C2=Nc3cccc4cccc(c34)N2)cc1. The Kier molecular flexibility index (Phi) is 3.49. The number of anilines is 1. The Morgan fingerprint density at radius 1 is 0.875 bits per heavy atom. The van der Waals surface area contributed by atoms with E-state index in [-0.39, 0.29) is 16.7 Å². The molecule has 0 aromatic heterocycles. The monoisotopic (exact) mass is 344 g/mol. The summed E-state index contributed by atoms with van der Waals surface area (Å²) in [5.74, 6) is 0.629. The molecule has 0 fully saturated rings. The maximum Gasteiger partial charge on any atom is 0.446 e. The lowest BCUT2D eigenvalue weighted by atomic mass is 10.0. The van der Waals surface area contributed by atoms with Crippen LogP contribution in [0.25, 0.3) is 10.8 Å². The Morgan fingerprint density at radius 2 is 1.58 bits per heavy atom. The van der Waals surface area contributed by atoms with E-state index >= 15 is 0 Å². The van der Waals surface area contributed by atoms with Gasteiger partial charge in [-0.05, 0) is 41.4 Å². The Hall–Kier alpha value is -2.47. The average molecular weight is 344 g/mol. The van der Waals surface area contributed by atoms with E-state index in [0.717, 1.165) is 27.7 Å². The number of benzene rings is 3. The largest absolute Gasteiger partial charge is 0.446 e. The lowest BCUT2D eigenvalue weighted by Crippen LogP contribution is -2.16. The Balaban J connectivity index is 1.71. The minimum Gasteiger partial charge on any atom is -0.339 e. The molecule has 1 N–H and O–H groups in total. The predicted molar refractivity (Wildman–Crippen MR) is 92.1 cm³/mol. The quantitative estimate of drug-likeness (QED) is 0.581. The maximum absolute atomic E-state index is 12.4. The van der Waals surface area contributed by atoms with E-state index < -0.39 is 5.51 Å². The zero-order chi connectivity index (χ0) is 16.7. The van der Waals surface area contributed by atoms with Gasteiger partial charge in [0.05, 0.1) is 5.69 Å². The van der Waals surface area contributed by atoms with E-state index in [9.17, 15) is 13.2 Å². The number of rotatable bonds is 2. The summed E-state index contributed by atoms with van der Waals surface area (Å²) in [6, 6.07) is 18.0. The van der Waals surface area contributed by atoms with Crippen molar-refractivity contribution < 1.29 is 13.2 Å². The molecule has 1 heterocycles. The second-order valence-corrected chi connectivity index (χ2v) is 6.48. The molecule has 0 saturated heterocycles. The fourth-order valence-corrected chi connectivity index (χ4v) is 3.29. The van der Waals surface area contributed by atoms with Crippen molar-refractivity contribution in [2.75, 3.05) is 5.32 Å². The molecule has 24 heavy (non-hydrogen) atoms. The van der Waals surface area contributed by atoms with Crippen LogP contribution in [-0.2, 0) is 0 Å². The molecular weight excluding hydrogens is 333 g/mol. The third-order valence-electron chi connectivity index (χ3n) is 3.73. The fraction of sp³-hybridized carbons (Fsp3) is 0.0556. The molecule has 3 aromatic carbocycles. The Labute approximate surface area is 140 Å². The molecule has 3 aromatic rings. The predicted octanol–water partition coefficient (Wildman–Crippen LogP) is 5.96. The van der Waals surface area contributed by atoms with Crippen molar-refractivity contribution in [1.29, 1.82) is 0 Å². The van der Waals surface area contributed by atoms with Crippen LogP contribution in [0, 0.1) is 0 Å². The molecule has 120 valence electrons. The van der Waals surface area contributed by atoms with Gasteiger partial charge in [0.25, 0.3) is 0 Å². The third kappa shape index (κ3) is 2.85. The Morgan fingerprint density at radius 3 is 2.29 bits per heavy atom. The van der Waals surface area contributed by atoms with E-state index in [1.807, 2.05) is 36.4 Å². The van der Waals surface area contributed by atoms with E-state index in [1.54, 1.807) is 12.1 Å². The van der Waals surface area contributed by atoms with Crippen molar-refractivity contribution in [2.24, 2.45) is 4.99 Å².